The maximum atomic E-state index is 10.9. The number of rotatable bonds is 6. The molecule has 0 aromatic carbocycles. The van der Waals surface area contributed by atoms with Crippen LogP contribution in [0.15, 0.2) is 55.6 Å². The molecule has 0 fully saturated rings. The lowest BCUT2D eigenvalue weighted by molar-refractivity contribution is 0.204. The lowest BCUT2D eigenvalue weighted by Gasteiger charge is -2.07. The first-order valence-electron chi connectivity index (χ1n) is 5.39. The molecule has 0 aliphatic carbocycles. The quantitative estimate of drug-likeness (QED) is 0.488. The highest BCUT2D eigenvalue weighted by Gasteiger charge is 2.18. The van der Waals surface area contributed by atoms with Crippen LogP contribution in [0.25, 0.3) is 0 Å². The summed E-state index contributed by atoms with van der Waals surface area (Å²) < 4.78 is 19.7. The van der Waals surface area contributed by atoms with Crippen molar-refractivity contribution in [2.24, 2.45) is 0 Å². The SMILES string of the molecule is C=CCOP(=O)(O)O/C=C/CC.c1ccncc1. The van der Waals surface area contributed by atoms with Crippen LogP contribution in [0.2, 0.25) is 0 Å². The molecule has 1 aromatic heterocycles. The third kappa shape index (κ3) is 11.1. The van der Waals surface area contributed by atoms with Gasteiger partial charge in [0.2, 0.25) is 0 Å². The summed E-state index contributed by atoms with van der Waals surface area (Å²) in [6.07, 6.45) is 8.38. The smallest absolute Gasteiger partial charge is 0.412 e. The minimum Gasteiger partial charge on any atom is -0.412 e. The van der Waals surface area contributed by atoms with Crippen LogP contribution in [0.4, 0.5) is 0 Å². The number of phosphoric acid groups is 1. The van der Waals surface area contributed by atoms with Gasteiger partial charge in [-0.2, -0.15) is 0 Å². The van der Waals surface area contributed by atoms with Crippen LogP contribution in [0.5, 0.6) is 0 Å². The summed E-state index contributed by atoms with van der Waals surface area (Å²) in [4.78, 5) is 12.7. The molecule has 18 heavy (non-hydrogen) atoms. The van der Waals surface area contributed by atoms with Crippen molar-refractivity contribution < 1.29 is 18.5 Å². The zero-order chi connectivity index (χ0) is 13.7. The Morgan fingerprint density at radius 1 is 1.39 bits per heavy atom. The predicted octanol–water partition coefficient (Wildman–Crippen LogP) is 3.31. The average Bonchev–Trinajstić information content (AvgIpc) is 2.39. The van der Waals surface area contributed by atoms with E-state index in [0.29, 0.717) is 0 Å². The van der Waals surface area contributed by atoms with Crippen molar-refractivity contribution in [3.8, 4) is 0 Å². The third-order valence-electron chi connectivity index (χ3n) is 1.45. The molecule has 1 rings (SSSR count). The maximum absolute atomic E-state index is 10.9. The topological polar surface area (TPSA) is 68.7 Å². The van der Waals surface area contributed by atoms with Crippen LogP contribution in [-0.2, 0) is 13.6 Å². The van der Waals surface area contributed by atoms with E-state index in [9.17, 15) is 4.57 Å². The van der Waals surface area contributed by atoms with Crippen molar-refractivity contribution in [1.82, 2.24) is 4.98 Å². The number of allylic oxidation sites excluding steroid dienone is 1. The van der Waals surface area contributed by atoms with E-state index >= 15 is 0 Å². The normalized spacial score (nSPS) is 13.2. The van der Waals surface area contributed by atoms with Crippen molar-refractivity contribution in [3.05, 3.63) is 55.6 Å². The fraction of sp³-hybridized carbons (Fsp3) is 0.250. The number of phosphoric ester groups is 1. The van der Waals surface area contributed by atoms with Gasteiger partial charge in [0, 0.05) is 12.4 Å². The van der Waals surface area contributed by atoms with E-state index in [1.807, 2.05) is 25.1 Å². The van der Waals surface area contributed by atoms with E-state index in [2.05, 4.69) is 20.6 Å². The molecule has 0 spiro atoms. The fourth-order valence-electron chi connectivity index (χ4n) is 0.706. The van der Waals surface area contributed by atoms with Gasteiger partial charge >= 0.3 is 7.82 Å². The molecule has 0 aliphatic heterocycles. The number of hydrogen-bond acceptors (Lipinski definition) is 4. The number of nitrogens with zero attached hydrogens (tertiary/aromatic N) is 1. The minimum absolute atomic E-state index is 0.00621. The molecule has 1 aromatic rings. The van der Waals surface area contributed by atoms with Crippen LogP contribution in [0, 0.1) is 0 Å². The van der Waals surface area contributed by atoms with E-state index in [0.717, 1.165) is 12.7 Å². The Hall–Kier alpha value is -1.42. The highest BCUT2D eigenvalue weighted by atomic mass is 31.2. The predicted molar refractivity (Wildman–Crippen MR) is 70.7 cm³/mol. The van der Waals surface area contributed by atoms with Gasteiger partial charge in [-0.15, -0.1) is 6.58 Å². The van der Waals surface area contributed by atoms with Gasteiger partial charge in [-0.3, -0.25) is 14.4 Å². The second-order valence-corrected chi connectivity index (χ2v) is 4.37. The highest BCUT2D eigenvalue weighted by Crippen LogP contribution is 2.43. The summed E-state index contributed by atoms with van der Waals surface area (Å²) in [6.45, 7) is 5.20. The molecule has 100 valence electrons. The van der Waals surface area contributed by atoms with Crippen molar-refractivity contribution >= 4 is 7.82 Å². The molecule has 0 radical (unpaired) electrons. The molecule has 1 N–H and O–H groups in total. The molecular formula is C12H18NO4P. The first-order valence-corrected chi connectivity index (χ1v) is 6.88. The molecule has 0 amide bonds. The van der Waals surface area contributed by atoms with Gasteiger partial charge in [0.05, 0.1) is 12.9 Å². The summed E-state index contributed by atoms with van der Waals surface area (Å²) in [7, 11) is -3.90. The molecule has 1 unspecified atom stereocenters. The molecule has 0 aliphatic rings. The average molecular weight is 271 g/mol. The van der Waals surface area contributed by atoms with Gasteiger partial charge in [-0.05, 0) is 24.6 Å². The van der Waals surface area contributed by atoms with Crippen molar-refractivity contribution in [2.45, 2.75) is 13.3 Å². The maximum Gasteiger partial charge on any atom is 0.527 e. The summed E-state index contributed by atoms with van der Waals surface area (Å²) in [5, 5.41) is 0. The first-order chi connectivity index (χ1) is 8.62. The Kier molecular flexibility index (Phi) is 9.87. The van der Waals surface area contributed by atoms with Crippen LogP contribution in [-0.4, -0.2) is 16.5 Å². The Balaban J connectivity index is 0.000000397. The fourth-order valence-corrected chi connectivity index (χ4v) is 1.30. The van der Waals surface area contributed by atoms with E-state index in [1.165, 1.54) is 6.08 Å². The van der Waals surface area contributed by atoms with Crippen molar-refractivity contribution in [3.63, 3.8) is 0 Å². The lowest BCUT2D eigenvalue weighted by atomic mass is 10.5. The monoisotopic (exact) mass is 271 g/mol. The van der Waals surface area contributed by atoms with Gasteiger partial charge in [0.15, 0.2) is 0 Å². The van der Waals surface area contributed by atoms with Gasteiger partial charge in [-0.1, -0.05) is 19.1 Å². The molecule has 5 nitrogen and oxygen atoms in total. The van der Waals surface area contributed by atoms with Crippen LogP contribution in [0.3, 0.4) is 0 Å². The third-order valence-corrected chi connectivity index (χ3v) is 2.31. The van der Waals surface area contributed by atoms with Crippen molar-refractivity contribution in [2.75, 3.05) is 6.61 Å². The molecular weight excluding hydrogens is 253 g/mol. The zero-order valence-electron chi connectivity index (χ0n) is 10.3. The first kappa shape index (κ1) is 16.6. The van der Waals surface area contributed by atoms with Gasteiger partial charge in [-0.25, -0.2) is 4.57 Å². The Morgan fingerprint density at radius 3 is 2.44 bits per heavy atom. The highest BCUT2D eigenvalue weighted by molar-refractivity contribution is 7.47. The number of hydrogen-bond donors (Lipinski definition) is 1. The van der Waals surface area contributed by atoms with Crippen LogP contribution < -0.4 is 0 Å². The minimum atomic E-state index is -3.90. The van der Waals surface area contributed by atoms with E-state index < -0.39 is 7.82 Å². The molecule has 0 saturated heterocycles. The second kappa shape index (κ2) is 10.7. The standard InChI is InChI=1S/C7H13O4P.C5H5N/c1-3-5-7-11-12(8,9)10-6-4-2;1-2-4-6-5-3-1/h4-5,7H,2-3,6H2,1H3,(H,8,9);1-5H/b7-5+;. The van der Waals surface area contributed by atoms with E-state index in [4.69, 9.17) is 4.89 Å². The Labute approximate surface area is 107 Å². The van der Waals surface area contributed by atoms with Gasteiger partial charge < -0.3 is 4.52 Å². The zero-order valence-corrected chi connectivity index (χ0v) is 11.2. The molecule has 0 bridgehead atoms. The molecule has 1 heterocycles. The summed E-state index contributed by atoms with van der Waals surface area (Å²) in [5.41, 5.74) is 0. The van der Waals surface area contributed by atoms with Crippen LogP contribution >= 0.6 is 7.82 Å². The van der Waals surface area contributed by atoms with E-state index in [1.54, 1.807) is 18.5 Å². The lowest BCUT2D eigenvalue weighted by Crippen LogP contribution is -1.90. The summed E-state index contributed by atoms with van der Waals surface area (Å²) >= 11 is 0. The van der Waals surface area contributed by atoms with Gasteiger partial charge in [0.25, 0.3) is 0 Å². The molecule has 0 saturated carbocycles. The Morgan fingerprint density at radius 2 is 2.06 bits per heavy atom. The largest absolute Gasteiger partial charge is 0.527 e. The Bertz CT molecular complexity index is 354. The summed E-state index contributed by atoms with van der Waals surface area (Å²) in [6, 6.07) is 5.72. The number of aromatic nitrogens is 1. The van der Waals surface area contributed by atoms with Crippen LogP contribution in [0.1, 0.15) is 13.3 Å². The number of pyridine rings is 1. The van der Waals surface area contributed by atoms with Crippen molar-refractivity contribution in [1.29, 1.82) is 0 Å². The molecule has 1 atom stereocenters. The van der Waals surface area contributed by atoms with Gasteiger partial charge in [0.1, 0.15) is 0 Å². The second-order valence-electron chi connectivity index (χ2n) is 2.96. The molecule has 6 heteroatoms. The summed E-state index contributed by atoms with van der Waals surface area (Å²) in [5.74, 6) is 0. The van der Waals surface area contributed by atoms with E-state index in [-0.39, 0.29) is 6.61 Å².